The highest BCUT2D eigenvalue weighted by Crippen LogP contribution is 2.27. The number of thiophene rings is 1. The number of nitrogens with one attached hydrogen (secondary N) is 1. The molecule has 4 rings (SSSR count). The van der Waals surface area contributed by atoms with Crippen molar-refractivity contribution >= 4 is 28.9 Å². The molecule has 0 saturated heterocycles. The zero-order valence-corrected chi connectivity index (χ0v) is 16.0. The van der Waals surface area contributed by atoms with Crippen molar-refractivity contribution in [3.05, 3.63) is 77.4 Å². The molecule has 0 radical (unpaired) electrons. The Morgan fingerprint density at radius 3 is 2.72 bits per heavy atom. The molecule has 29 heavy (non-hydrogen) atoms. The number of para-hydroxylation sites is 1. The second kappa shape index (κ2) is 8.11. The second-order valence-corrected chi connectivity index (χ2v) is 6.89. The van der Waals surface area contributed by atoms with Crippen molar-refractivity contribution in [2.24, 2.45) is 0 Å². The first-order chi connectivity index (χ1) is 14.1. The van der Waals surface area contributed by atoms with Crippen LogP contribution in [-0.4, -0.2) is 22.1 Å². The number of carbonyl (C=O) groups is 2. The first-order valence-electron chi connectivity index (χ1n) is 8.64. The summed E-state index contributed by atoms with van der Waals surface area (Å²) in [5, 5.41) is 12.5. The third-order valence-electron chi connectivity index (χ3n) is 3.94. The third kappa shape index (κ3) is 4.09. The fourth-order valence-electron chi connectivity index (χ4n) is 2.53. The van der Waals surface area contributed by atoms with Crippen LogP contribution >= 0.6 is 11.3 Å². The number of esters is 1. The van der Waals surface area contributed by atoms with Crippen LogP contribution in [0.25, 0.3) is 10.8 Å². The summed E-state index contributed by atoms with van der Waals surface area (Å²) in [4.78, 5) is 25.7. The van der Waals surface area contributed by atoms with Crippen molar-refractivity contribution in [3.8, 4) is 10.8 Å². The predicted molar refractivity (Wildman–Crippen MR) is 105 cm³/mol. The molecule has 0 unspecified atom stereocenters. The van der Waals surface area contributed by atoms with Gasteiger partial charge in [-0.3, -0.25) is 4.79 Å². The highest BCUT2D eigenvalue weighted by Gasteiger charge is 2.22. The smallest absolute Gasteiger partial charge is 0.341 e. The molecule has 0 bridgehead atoms. The van der Waals surface area contributed by atoms with Crippen molar-refractivity contribution in [1.82, 2.24) is 10.2 Å². The van der Waals surface area contributed by atoms with E-state index in [1.54, 1.807) is 37.3 Å². The van der Waals surface area contributed by atoms with Gasteiger partial charge in [-0.05, 0) is 42.6 Å². The van der Waals surface area contributed by atoms with Gasteiger partial charge in [0.1, 0.15) is 0 Å². The van der Waals surface area contributed by atoms with Gasteiger partial charge in [-0.15, -0.1) is 21.5 Å². The average molecular weight is 409 g/mol. The minimum absolute atomic E-state index is 0.133. The molecule has 0 aliphatic heterocycles. The molecule has 0 spiro atoms. The number of hydrogen-bond acceptors (Lipinski definition) is 8. The molecule has 3 heterocycles. The lowest BCUT2D eigenvalue weighted by Gasteiger charge is -2.12. The molecule has 9 heteroatoms. The van der Waals surface area contributed by atoms with E-state index in [0.29, 0.717) is 11.6 Å². The number of amides is 1. The largest absolute Gasteiger partial charge is 0.459 e. The topological polar surface area (TPSA) is 107 Å². The van der Waals surface area contributed by atoms with Gasteiger partial charge in [0, 0.05) is 0 Å². The van der Waals surface area contributed by atoms with Crippen molar-refractivity contribution in [2.45, 2.75) is 13.0 Å². The molecular formula is C20H15N3O5S. The summed E-state index contributed by atoms with van der Waals surface area (Å²) >= 11 is 1.47. The van der Waals surface area contributed by atoms with Crippen LogP contribution in [0, 0.1) is 0 Å². The molecule has 0 fully saturated rings. The first-order valence-corrected chi connectivity index (χ1v) is 9.52. The minimum Gasteiger partial charge on any atom is -0.459 e. The monoisotopic (exact) mass is 409 g/mol. The van der Waals surface area contributed by atoms with Crippen LogP contribution in [-0.2, 0) is 4.74 Å². The SMILES string of the molecule is C[C@H](OC(=O)c1ccccc1NC(=O)c1ccco1)c1nnc(-c2cccs2)o1. The lowest BCUT2D eigenvalue weighted by Crippen LogP contribution is -2.16. The number of ether oxygens (including phenoxy) is 1. The van der Waals surface area contributed by atoms with Gasteiger partial charge in [0.25, 0.3) is 17.7 Å². The van der Waals surface area contributed by atoms with E-state index in [9.17, 15) is 9.59 Å². The van der Waals surface area contributed by atoms with Crippen molar-refractivity contribution < 1.29 is 23.2 Å². The van der Waals surface area contributed by atoms with Gasteiger partial charge in [-0.2, -0.15) is 0 Å². The molecule has 1 atom stereocenters. The van der Waals surface area contributed by atoms with E-state index >= 15 is 0 Å². The molecule has 146 valence electrons. The fraction of sp³-hybridized carbons (Fsp3) is 0.100. The first kappa shape index (κ1) is 18.6. The van der Waals surface area contributed by atoms with Crippen LogP contribution in [0.2, 0.25) is 0 Å². The fourth-order valence-corrected chi connectivity index (χ4v) is 3.18. The van der Waals surface area contributed by atoms with Crippen LogP contribution in [0.3, 0.4) is 0 Å². The highest BCUT2D eigenvalue weighted by atomic mass is 32.1. The van der Waals surface area contributed by atoms with Crippen LogP contribution in [0.1, 0.15) is 39.8 Å². The van der Waals surface area contributed by atoms with Crippen LogP contribution in [0.15, 0.2) is 69.0 Å². The summed E-state index contributed by atoms with van der Waals surface area (Å²) < 4.78 is 16.1. The number of carbonyl (C=O) groups excluding carboxylic acids is 2. The molecule has 4 aromatic rings. The molecular weight excluding hydrogens is 394 g/mol. The number of benzene rings is 1. The lowest BCUT2D eigenvalue weighted by atomic mass is 10.1. The summed E-state index contributed by atoms with van der Waals surface area (Å²) in [7, 11) is 0. The number of nitrogens with zero attached hydrogens (tertiary/aromatic N) is 2. The van der Waals surface area contributed by atoms with Crippen molar-refractivity contribution in [2.75, 3.05) is 5.32 Å². The second-order valence-electron chi connectivity index (χ2n) is 5.95. The molecule has 3 aromatic heterocycles. The maximum atomic E-state index is 12.7. The molecule has 0 saturated carbocycles. The maximum Gasteiger partial charge on any atom is 0.341 e. The molecule has 1 N–H and O–H groups in total. The van der Waals surface area contributed by atoms with E-state index in [1.807, 2.05) is 17.5 Å². The number of anilines is 1. The Balaban J connectivity index is 1.48. The van der Waals surface area contributed by atoms with Gasteiger partial charge in [-0.1, -0.05) is 18.2 Å². The van der Waals surface area contributed by atoms with Gasteiger partial charge in [-0.25, -0.2) is 4.79 Å². The minimum atomic E-state index is -0.766. The summed E-state index contributed by atoms with van der Waals surface area (Å²) in [5.41, 5.74) is 0.494. The zero-order valence-electron chi connectivity index (χ0n) is 15.2. The Labute approximate surface area is 169 Å². The van der Waals surface area contributed by atoms with Gasteiger partial charge in [0.05, 0.1) is 22.4 Å². The summed E-state index contributed by atoms with van der Waals surface area (Å²) in [6, 6.07) is 13.4. The van der Waals surface area contributed by atoms with E-state index in [2.05, 4.69) is 15.5 Å². The molecule has 1 aromatic carbocycles. The van der Waals surface area contributed by atoms with Gasteiger partial charge < -0.3 is 18.9 Å². The van der Waals surface area contributed by atoms with Gasteiger partial charge in [0.2, 0.25) is 0 Å². The highest BCUT2D eigenvalue weighted by molar-refractivity contribution is 7.13. The number of hydrogen-bond donors (Lipinski definition) is 1. The Kier molecular flexibility index (Phi) is 5.21. The van der Waals surface area contributed by atoms with Crippen LogP contribution in [0.5, 0.6) is 0 Å². The number of rotatable bonds is 6. The zero-order chi connectivity index (χ0) is 20.2. The summed E-state index contributed by atoms with van der Waals surface area (Å²) in [6.07, 6.45) is 0.628. The normalized spacial score (nSPS) is 11.8. The van der Waals surface area contributed by atoms with Crippen LogP contribution in [0.4, 0.5) is 5.69 Å². The van der Waals surface area contributed by atoms with E-state index in [0.717, 1.165) is 4.88 Å². The Morgan fingerprint density at radius 1 is 1.10 bits per heavy atom. The summed E-state index contributed by atoms with van der Waals surface area (Å²) in [6.45, 7) is 1.63. The molecule has 8 nitrogen and oxygen atoms in total. The van der Waals surface area contributed by atoms with E-state index in [4.69, 9.17) is 13.6 Å². The van der Waals surface area contributed by atoms with Crippen molar-refractivity contribution in [3.63, 3.8) is 0 Å². The summed E-state index contributed by atoms with van der Waals surface area (Å²) in [5.74, 6) is -0.430. The standard InChI is InChI=1S/C20H15N3O5S/c1-12(18-22-23-19(28-18)16-9-5-11-29-16)27-20(25)13-6-2-3-7-14(13)21-17(24)15-8-4-10-26-15/h2-12H,1H3,(H,21,24)/t12-/m0/s1. The predicted octanol–water partition coefficient (Wildman–Crippen LogP) is 4.56. The van der Waals surface area contributed by atoms with Gasteiger partial charge >= 0.3 is 5.97 Å². The quantitative estimate of drug-likeness (QED) is 0.465. The van der Waals surface area contributed by atoms with E-state index in [-0.39, 0.29) is 17.2 Å². The molecule has 0 aliphatic rings. The Bertz CT molecular complexity index is 1120. The lowest BCUT2D eigenvalue weighted by molar-refractivity contribution is 0.0281. The van der Waals surface area contributed by atoms with Crippen LogP contribution < -0.4 is 5.32 Å². The third-order valence-corrected chi connectivity index (χ3v) is 4.80. The molecule has 0 aliphatic carbocycles. The van der Waals surface area contributed by atoms with Gasteiger partial charge in [0.15, 0.2) is 11.9 Å². The Hall–Kier alpha value is -3.72. The average Bonchev–Trinajstić information content (AvgIpc) is 3.50. The molecule has 1 amide bonds. The van der Waals surface area contributed by atoms with Crippen molar-refractivity contribution in [1.29, 1.82) is 0 Å². The van der Waals surface area contributed by atoms with E-state index < -0.39 is 18.0 Å². The Morgan fingerprint density at radius 2 is 1.97 bits per heavy atom. The van der Waals surface area contributed by atoms with E-state index in [1.165, 1.54) is 23.7 Å². The maximum absolute atomic E-state index is 12.7. The number of aromatic nitrogens is 2. The number of furan rings is 1.